The summed E-state index contributed by atoms with van der Waals surface area (Å²) in [6.07, 6.45) is 1.44. The SMILES string of the molecule is C=CC(=O)CC#Cc1ccc2cc(-c3ccc(OC)cc3F)ccc2c1. The minimum atomic E-state index is -0.321. The van der Waals surface area contributed by atoms with E-state index in [9.17, 15) is 9.18 Å². The topological polar surface area (TPSA) is 26.3 Å². The summed E-state index contributed by atoms with van der Waals surface area (Å²) >= 11 is 0. The average molecular weight is 344 g/mol. The van der Waals surface area contributed by atoms with Gasteiger partial charge in [-0.05, 0) is 52.7 Å². The highest BCUT2D eigenvalue weighted by Gasteiger charge is 2.07. The molecule has 0 aliphatic rings. The molecule has 0 saturated carbocycles. The normalized spacial score (nSPS) is 10.1. The minimum Gasteiger partial charge on any atom is -0.497 e. The molecular weight excluding hydrogens is 327 g/mol. The number of halogens is 1. The molecule has 0 fully saturated rings. The van der Waals surface area contributed by atoms with Crippen LogP contribution in [0.4, 0.5) is 4.39 Å². The molecule has 0 N–H and O–H groups in total. The van der Waals surface area contributed by atoms with Crippen molar-refractivity contribution in [3.8, 4) is 28.7 Å². The fourth-order valence-electron chi connectivity index (χ4n) is 2.65. The second-order valence-corrected chi connectivity index (χ2v) is 5.77. The summed E-state index contributed by atoms with van der Waals surface area (Å²) in [7, 11) is 1.51. The lowest BCUT2D eigenvalue weighted by molar-refractivity contribution is -0.113. The van der Waals surface area contributed by atoms with Crippen LogP contribution in [0.3, 0.4) is 0 Å². The van der Waals surface area contributed by atoms with Crippen LogP contribution in [-0.4, -0.2) is 12.9 Å². The van der Waals surface area contributed by atoms with E-state index in [1.54, 1.807) is 12.1 Å². The maximum Gasteiger partial charge on any atom is 0.166 e. The molecule has 26 heavy (non-hydrogen) atoms. The number of ether oxygens (including phenoxy) is 1. The Hall–Kier alpha value is -3.38. The van der Waals surface area contributed by atoms with Gasteiger partial charge < -0.3 is 4.74 Å². The lowest BCUT2D eigenvalue weighted by Crippen LogP contribution is -1.89. The molecule has 0 radical (unpaired) electrons. The number of fused-ring (bicyclic) bond motifs is 1. The maximum absolute atomic E-state index is 14.3. The molecular formula is C23H17FO2. The van der Waals surface area contributed by atoms with Gasteiger partial charge in [0.25, 0.3) is 0 Å². The van der Waals surface area contributed by atoms with Gasteiger partial charge in [-0.25, -0.2) is 4.39 Å². The Labute approximate surface area is 151 Å². The van der Waals surface area contributed by atoms with E-state index in [1.165, 1.54) is 19.3 Å². The molecule has 3 heteroatoms. The Morgan fingerprint density at radius 2 is 1.88 bits per heavy atom. The Kier molecular flexibility index (Phi) is 5.15. The third-order valence-corrected chi connectivity index (χ3v) is 4.05. The summed E-state index contributed by atoms with van der Waals surface area (Å²) in [4.78, 5) is 11.2. The van der Waals surface area contributed by atoms with Gasteiger partial charge in [-0.15, -0.1) is 0 Å². The number of hydrogen-bond acceptors (Lipinski definition) is 2. The molecule has 0 atom stereocenters. The maximum atomic E-state index is 14.3. The monoisotopic (exact) mass is 344 g/mol. The lowest BCUT2D eigenvalue weighted by atomic mass is 9.99. The largest absolute Gasteiger partial charge is 0.497 e. The van der Waals surface area contributed by atoms with Crippen molar-refractivity contribution < 1.29 is 13.9 Å². The van der Waals surface area contributed by atoms with E-state index in [0.717, 1.165) is 21.9 Å². The average Bonchev–Trinajstić information content (AvgIpc) is 2.67. The van der Waals surface area contributed by atoms with Crippen molar-refractivity contribution in [3.05, 3.63) is 78.6 Å². The van der Waals surface area contributed by atoms with Crippen molar-refractivity contribution in [2.45, 2.75) is 6.42 Å². The van der Waals surface area contributed by atoms with Crippen LogP contribution in [0.2, 0.25) is 0 Å². The zero-order valence-corrected chi connectivity index (χ0v) is 14.4. The van der Waals surface area contributed by atoms with Gasteiger partial charge >= 0.3 is 0 Å². The third kappa shape index (κ3) is 3.81. The fourth-order valence-corrected chi connectivity index (χ4v) is 2.65. The van der Waals surface area contributed by atoms with Gasteiger partial charge in [0.2, 0.25) is 0 Å². The van der Waals surface area contributed by atoms with Crippen molar-refractivity contribution in [3.63, 3.8) is 0 Å². The first-order valence-electron chi connectivity index (χ1n) is 8.12. The van der Waals surface area contributed by atoms with E-state index in [-0.39, 0.29) is 18.0 Å². The molecule has 0 heterocycles. The number of allylic oxidation sites excluding steroid dienone is 1. The summed E-state index contributed by atoms with van der Waals surface area (Å²) in [6.45, 7) is 3.43. The summed E-state index contributed by atoms with van der Waals surface area (Å²) < 4.78 is 19.3. The number of methoxy groups -OCH3 is 1. The predicted octanol–water partition coefficient (Wildman–Crippen LogP) is 5.15. The van der Waals surface area contributed by atoms with Gasteiger partial charge in [-0.1, -0.05) is 36.6 Å². The van der Waals surface area contributed by atoms with Crippen molar-refractivity contribution >= 4 is 16.6 Å². The van der Waals surface area contributed by atoms with Crippen molar-refractivity contribution in [2.75, 3.05) is 7.11 Å². The Morgan fingerprint density at radius 3 is 2.62 bits per heavy atom. The third-order valence-electron chi connectivity index (χ3n) is 4.05. The van der Waals surface area contributed by atoms with Crippen LogP contribution >= 0.6 is 0 Å². The molecule has 2 nitrogen and oxygen atoms in total. The highest BCUT2D eigenvalue weighted by atomic mass is 19.1. The van der Waals surface area contributed by atoms with Gasteiger partial charge in [0.15, 0.2) is 5.78 Å². The van der Waals surface area contributed by atoms with E-state index in [4.69, 9.17) is 4.74 Å². The summed E-state index contributed by atoms with van der Waals surface area (Å²) in [5.41, 5.74) is 2.16. The number of hydrogen-bond donors (Lipinski definition) is 0. The Balaban J connectivity index is 1.92. The van der Waals surface area contributed by atoms with Crippen molar-refractivity contribution in [1.29, 1.82) is 0 Å². The number of carbonyl (C=O) groups is 1. The molecule has 3 aromatic carbocycles. The quantitative estimate of drug-likeness (QED) is 0.483. The molecule has 0 spiro atoms. The van der Waals surface area contributed by atoms with Gasteiger partial charge in [0.05, 0.1) is 13.5 Å². The summed E-state index contributed by atoms with van der Waals surface area (Å²) in [5, 5.41) is 2.00. The predicted molar refractivity (Wildman–Crippen MR) is 103 cm³/mol. The molecule has 3 aromatic rings. The van der Waals surface area contributed by atoms with Crippen LogP contribution < -0.4 is 4.74 Å². The number of rotatable bonds is 4. The van der Waals surface area contributed by atoms with Gasteiger partial charge in [-0.2, -0.15) is 0 Å². The smallest absolute Gasteiger partial charge is 0.166 e. The van der Waals surface area contributed by atoms with Crippen molar-refractivity contribution in [1.82, 2.24) is 0 Å². The molecule has 0 aliphatic carbocycles. The molecule has 3 rings (SSSR count). The standard InChI is InChI=1S/C23H17FO2/c1-3-20(25)6-4-5-16-7-8-18-14-19(10-9-17(18)13-16)22-12-11-21(26-2)15-23(22)24/h3,7-15H,1,6H2,2H3. The van der Waals surface area contributed by atoms with Gasteiger partial charge in [-0.3, -0.25) is 4.79 Å². The summed E-state index contributed by atoms with van der Waals surface area (Å²) in [5.74, 6) is 5.89. The van der Waals surface area contributed by atoms with Crippen LogP contribution in [0.1, 0.15) is 12.0 Å². The van der Waals surface area contributed by atoms with Crippen LogP contribution in [0.5, 0.6) is 5.75 Å². The first-order chi connectivity index (χ1) is 12.6. The molecule has 0 aromatic heterocycles. The number of ketones is 1. The zero-order chi connectivity index (χ0) is 18.5. The highest BCUT2D eigenvalue weighted by molar-refractivity contribution is 5.91. The molecule has 0 unspecified atom stereocenters. The van der Waals surface area contributed by atoms with E-state index >= 15 is 0 Å². The van der Waals surface area contributed by atoms with Crippen LogP contribution in [0, 0.1) is 17.7 Å². The molecule has 0 bridgehead atoms. The fraction of sp³-hybridized carbons (Fsp3) is 0.0870. The van der Waals surface area contributed by atoms with E-state index in [1.807, 2.05) is 36.4 Å². The second kappa shape index (κ2) is 7.67. The Morgan fingerprint density at radius 1 is 1.12 bits per heavy atom. The Bertz CT molecular complexity index is 1050. The van der Waals surface area contributed by atoms with E-state index in [0.29, 0.717) is 11.3 Å². The number of benzene rings is 3. The minimum absolute atomic E-state index is 0.0931. The lowest BCUT2D eigenvalue weighted by Gasteiger charge is -2.07. The molecule has 0 amide bonds. The van der Waals surface area contributed by atoms with E-state index < -0.39 is 0 Å². The summed E-state index contributed by atoms with van der Waals surface area (Å²) in [6, 6.07) is 16.4. The van der Waals surface area contributed by atoms with Crippen LogP contribution in [0.15, 0.2) is 67.3 Å². The van der Waals surface area contributed by atoms with E-state index in [2.05, 4.69) is 18.4 Å². The van der Waals surface area contributed by atoms with Crippen molar-refractivity contribution in [2.24, 2.45) is 0 Å². The molecule has 0 aliphatic heterocycles. The molecule has 0 saturated heterocycles. The van der Waals surface area contributed by atoms with Gasteiger partial charge in [0, 0.05) is 17.2 Å². The zero-order valence-electron chi connectivity index (χ0n) is 14.4. The van der Waals surface area contributed by atoms with Crippen LogP contribution in [-0.2, 0) is 4.79 Å². The molecule has 128 valence electrons. The van der Waals surface area contributed by atoms with Gasteiger partial charge in [0.1, 0.15) is 11.6 Å². The van der Waals surface area contributed by atoms with Crippen LogP contribution in [0.25, 0.3) is 21.9 Å². The first-order valence-corrected chi connectivity index (χ1v) is 8.12. The second-order valence-electron chi connectivity index (χ2n) is 5.77. The number of carbonyl (C=O) groups excluding carboxylic acids is 1. The highest BCUT2D eigenvalue weighted by Crippen LogP contribution is 2.29. The first kappa shape index (κ1) is 17.4.